The van der Waals surface area contributed by atoms with Crippen LogP contribution in [0.4, 0.5) is 9.59 Å². The number of rotatable bonds is 11. The lowest BCUT2D eigenvalue weighted by Crippen LogP contribution is -2.53. The van der Waals surface area contributed by atoms with Crippen molar-refractivity contribution in [3.05, 3.63) is 82.3 Å². The van der Waals surface area contributed by atoms with Crippen LogP contribution < -0.4 is 10.6 Å². The van der Waals surface area contributed by atoms with Gasteiger partial charge in [0.2, 0.25) is 11.8 Å². The smallest absolute Gasteiger partial charge is 0.407 e. The molecular formula is C51H64N8O6. The number of hydrogen-bond donors (Lipinski definition) is 4. The maximum atomic E-state index is 14.0. The third kappa shape index (κ3) is 8.56. The molecule has 14 nitrogen and oxygen atoms in total. The van der Waals surface area contributed by atoms with Gasteiger partial charge in [0.1, 0.15) is 23.7 Å². The molecule has 2 saturated heterocycles. The van der Waals surface area contributed by atoms with Gasteiger partial charge in [-0.3, -0.25) is 9.59 Å². The molecular weight excluding hydrogens is 821 g/mol. The van der Waals surface area contributed by atoms with Crippen LogP contribution in [0.2, 0.25) is 0 Å². The average Bonchev–Trinajstić information content (AvgIpc) is 4.05. The summed E-state index contributed by atoms with van der Waals surface area (Å²) in [6.45, 7) is 8.96. The zero-order valence-corrected chi connectivity index (χ0v) is 38.7. The molecule has 344 valence electrons. The Kier molecular flexibility index (Phi) is 12.6. The molecule has 3 fully saturated rings. The highest BCUT2D eigenvalue weighted by atomic mass is 16.5. The first-order chi connectivity index (χ1) is 31.4. The fourth-order valence-electron chi connectivity index (χ4n) is 11.1. The van der Waals surface area contributed by atoms with Gasteiger partial charge < -0.3 is 39.9 Å². The van der Waals surface area contributed by atoms with Gasteiger partial charge in [-0.2, -0.15) is 0 Å². The molecule has 4 aromatic rings. The van der Waals surface area contributed by atoms with Crippen LogP contribution in [-0.2, 0) is 31.9 Å². The Labute approximate surface area is 381 Å². The first kappa shape index (κ1) is 44.3. The van der Waals surface area contributed by atoms with Crippen molar-refractivity contribution in [2.45, 2.75) is 128 Å². The molecule has 9 rings (SSSR count). The van der Waals surface area contributed by atoms with Crippen molar-refractivity contribution in [1.29, 1.82) is 0 Å². The Hall–Kier alpha value is -5.92. The Morgan fingerprint density at radius 2 is 1.31 bits per heavy atom. The Bertz CT molecular complexity index is 2470. The monoisotopic (exact) mass is 884 g/mol. The first-order valence-electron chi connectivity index (χ1n) is 23.8. The predicted octanol–water partition coefficient (Wildman–Crippen LogP) is 8.87. The van der Waals surface area contributed by atoms with E-state index in [1.54, 1.807) is 0 Å². The number of fused-ring (bicyclic) bond motifs is 4. The summed E-state index contributed by atoms with van der Waals surface area (Å²) in [7, 11) is 2.63. The molecule has 6 atom stereocenters. The number of nitrogens with zero attached hydrogens (tertiary/aromatic N) is 4. The Morgan fingerprint density at radius 3 is 1.89 bits per heavy atom. The number of nitrogens with one attached hydrogen (secondary N) is 4. The molecule has 1 saturated carbocycles. The molecule has 2 aliphatic heterocycles. The molecule has 65 heavy (non-hydrogen) atoms. The van der Waals surface area contributed by atoms with Gasteiger partial charge in [-0.15, -0.1) is 0 Å². The lowest BCUT2D eigenvalue weighted by atomic mass is 9.73. The van der Waals surface area contributed by atoms with Crippen molar-refractivity contribution in [2.75, 3.05) is 27.3 Å². The summed E-state index contributed by atoms with van der Waals surface area (Å²) in [6.07, 6.45) is 13.7. The lowest BCUT2D eigenvalue weighted by Gasteiger charge is -2.37. The van der Waals surface area contributed by atoms with Gasteiger partial charge in [0, 0.05) is 18.8 Å². The molecule has 0 radical (unpaired) electrons. The largest absolute Gasteiger partial charge is 0.453 e. The van der Waals surface area contributed by atoms with Gasteiger partial charge in [0.25, 0.3) is 0 Å². The van der Waals surface area contributed by atoms with Crippen molar-refractivity contribution in [1.82, 2.24) is 40.4 Å². The standard InChI is InChI=1S/C51H64N8O6/c1-28(2)44(56-50(62)64-5)48(60)58-23-9-7-11-41(58)46-52-27-40(55-46)31-15-13-30(14-16-31)35-21-20-34(37-25-32-17-19-36(32)43(35)37)33-18-22-38-39(26-33)54-47(53-38)42-12-8-10-24-59(42)49(61)45(29(3)4)57-51(63)65-6/h13-16,20-21,26-29,32,36,41-42,44-45H,7-12,17-19,22-25H2,1-6H3,(H,52,55)(H,53,54)(H,56,62)(H,57,63)/t32?,36?,41-,42-,44-,45-/m0/s1. The fraction of sp³-hybridized carbons (Fsp3) is 0.529. The van der Waals surface area contributed by atoms with E-state index in [0.717, 1.165) is 92.1 Å². The number of carbonyl (C=O) groups excluding carboxylic acids is 4. The van der Waals surface area contributed by atoms with E-state index in [4.69, 9.17) is 19.4 Å². The molecule has 5 aliphatic rings. The van der Waals surface area contributed by atoms with Crippen LogP contribution in [-0.4, -0.2) is 93.1 Å². The van der Waals surface area contributed by atoms with Crippen molar-refractivity contribution >= 4 is 35.6 Å². The molecule has 4 N–H and O–H groups in total. The number of aromatic amines is 2. The molecule has 14 heteroatoms. The number of imidazole rings is 2. The maximum Gasteiger partial charge on any atom is 0.407 e. The third-order valence-electron chi connectivity index (χ3n) is 14.8. The zero-order valence-electron chi connectivity index (χ0n) is 38.7. The number of allylic oxidation sites excluding steroid dienone is 1. The van der Waals surface area contributed by atoms with Crippen molar-refractivity contribution in [3.8, 4) is 22.4 Å². The van der Waals surface area contributed by atoms with Crippen LogP contribution >= 0.6 is 0 Å². The molecule has 4 amide bonds. The molecule has 0 spiro atoms. The number of benzene rings is 2. The second-order valence-electron chi connectivity index (χ2n) is 19.4. The van der Waals surface area contributed by atoms with E-state index >= 15 is 0 Å². The maximum absolute atomic E-state index is 14.0. The highest BCUT2D eigenvalue weighted by Gasteiger charge is 2.43. The minimum atomic E-state index is -0.686. The van der Waals surface area contributed by atoms with Crippen molar-refractivity contribution in [2.24, 2.45) is 17.8 Å². The molecule has 2 aromatic carbocycles. The lowest BCUT2D eigenvalue weighted by molar-refractivity contribution is -0.139. The number of likely N-dealkylation sites (tertiary alicyclic amines) is 2. The summed E-state index contributed by atoms with van der Waals surface area (Å²) in [4.78, 5) is 73.1. The van der Waals surface area contributed by atoms with Gasteiger partial charge in [-0.1, -0.05) is 64.1 Å². The van der Waals surface area contributed by atoms with Crippen LogP contribution in [0.1, 0.15) is 143 Å². The van der Waals surface area contributed by atoms with Crippen LogP contribution in [0.15, 0.2) is 42.6 Å². The van der Waals surface area contributed by atoms with Gasteiger partial charge in [0.05, 0.1) is 43.9 Å². The van der Waals surface area contributed by atoms with E-state index in [9.17, 15) is 19.2 Å². The number of H-pyrrole nitrogens is 2. The summed E-state index contributed by atoms with van der Waals surface area (Å²) in [5.74, 6) is 2.42. The topological polar surface area (TPSA) is 175 Å². The number of piperidine rings is 2. The summed E-state index contributed by atoms with van der Waals surface area (Å²) in [5.41, 5.74) is 12.2. The van der Waals surface area contributed by atoms with Gasteiger partial charge in [0.15, 0.2) is 0 Å². The van der Waals surface area contributed by atoms with E-state index in [1.807, 2.05) is 43.7 Å². The Balaban J connectivity index is 0.945. The number of methoxy groups -OCH3 is 2. The van der Waals surface area contributed by atoms with Gasteiger partial charge >= 0.3 is 12.2 Å². The van der Waals surface area contributed by atoms with E-state index in [1.165, 1.54) is 60.5 Å². The highest BCUT2D eigenvalue weighted by Crippen LogP contribution is 2.56. The van der Waals surface area contributed by atoms with Crippen molar-refractivity contribution < 1.29 is 28.7 Å². The van der Waals surface area contributed by atoms with Crippen LogP contribution in [0, 0.1) is 17.8 Å². The summed E-state index contributed by atoms with van der Waals surface area (Å²) >= 11 is 0. The van der Waals surface area contributed by atoms with Gasteiger partial charge in [-0.05, 0) is 139 Å². The van der Waals surface area contributed by atoms with Crippen LogP contribution in [0.3, 0.4) is 0 Å². The predicted molar refractivity (Wildman–Crippen MR) is 248 cm³/mol. The van der Waals surface area contributed by atoms with E-state index in [-0.39, 0.29) is 35.7 Å². The molecule has 3 aliphatic carbocycles. The number of aromatic nitrogens is 4. The number of ether oxygens (including phenoxy) is 2. The second kappa shape index (κ2) is 18.5. The number of carbonyl (C=O) groups is 4. The summed E-state index contributed by atoms with van der Waals surface area (Å²) in [6, 6.07) is 11.7. The van der Waals surface area contributed by atoms with E-state index < -0.39 is 24.3 Å². The fourth-order valence-corrected chi connectivity index (χ4v) is 11.1. The van der Waals surface area contributed by atoms with Crippen LogP contribution in [0.5, 0.6) is 0 Å². The molecule has 2 unspecified atom stereocenters. The minimum Gasteiger partial charge on any atom is -0.453 e. The van der Waals surface area contributed by atoms with Gasteiger partial charge in [-0.25, -0.2) is 19.6 Å². The number of hydrogen-bond acceptors (Lipinski definition) is 8. The Morgan fingerprint density at radius 1 is 0.708 bits per heavy atom. The first-order valence-corrected chi connectivity index (χ1v) is 23.8. The minimum absolute atomic E-state index is 0.0963. The summed E-state index contributed by atoms with van der Waals surface area (Å²) in [5, 5.41) is 5.52. The second-order valence-corrected chi connectivity index (χ2v) is 19.4. The normalized spacial score (nSPS) is 22.2. The number of alkyl carbamates (subject to hydrolysis) is 2. The average molecular weight is 885 g/mol. The third-order valence-corrected chi connectivity index (χ3v) is 14.8. The molecule has 2 aromatic heterocycles. The van der Waals surface area contributed by atoms with Crippen LogP contribution in [0.25, 0.3) is 34.0 Å². The zero-order chi connectivity index (χ0) is 45.5. The number of amides is 4. The number of aryl methyl sites for hydroxylation is 1. The highest BCUT2D eigenvalue weighted by molar-refractivity contribution is 5.89. The summed E-state index contributed by atoms with van der Waals surface area (Å²) < 4.78 is 9.67. The van der Waals surface area contributed by atoms with E-state index in [0.29, 0.717) is 24.9 Å². The van der Waals surface area contributed by atoms with E-state index in [2.05, 4.69) is 63.1 Å². The SMILES string of the molecule is COC(=O)N[C@H](C(=O)N1CCCC[C@H]1c1ncc(-c2ccc(-c3ccc(C4=Cc5nc([C@@H]6CCCCN6C(=O)[C@@H](NC(=O)OC)C(C)C)[nH]c5CC4)c4c3C3CCC3C4)cc2)[nH]1)C(C)C. The molecule has 0 bridgehead atoms. The van der Waals surface area contributed by atoms with Crippen molar-refractivity contribution in [3.63, 3.8) is 0 Å². The quantitative estimate of drug-likeness (QED) is 0.116. The molecule has 4 heterocycles.